The number of likely N-dealkylation sites (N-methyl/N-ethyl adjacent to an activating group) is 1. The molecule has 1 heterocycles. The predicted molar refractivity (Wildman–Crippen MR) is 96.7 cm³/mol. The van der Waals surface area contributed by atoms with Crippen molar-refractivity contribution in [2.45, 2.75) is 39.8 Å². The molecule has 2 rings (SSSR count). The fraction of sp³-hybridized carbons (Fsp3) is 0.632. The van der Waals surface area contributed by atoms with Crippen molar-refractivity contribution in [3.05, 3.63) is 35.4 Å². The number of nitrogens with zero attached hydrogens (tertiary/aromatic N) is 2. The van der Waals surface area contributed by atoms with Gasteiger partial charge < -0.3 is 15.3 Å². The average Bonchev–Trinajstić information content (AvgIpc) is 2.60. The van der Waals surface area contributed by atoms with Crippen LogP contribution in [0.3, 0.4) is 0 Å². The maximum Gasteiger partial charge on any atom is 0.317 e. The van der Waals surface area contributed by atoms with Crippen LogP contribution in [0, 0.1) is 5.92 Å². The second kappa shape index (κ2) is 9.64. The van der Waals surface area contributed by atoms with Crippen LogP contribution in [0.5, 0.6) is 0 Å². The first-order chi connectivity index (χ1) is 11.6. The van der Waals surface area contributed by atoms with Gasteiger partial charge in [-0.25, -0.2) is 4.79 Å². The molecule has 0 aromatic heterocycles. The molecule has 2 N–H and O–H groups in total. The minimum absolute atomic E-state index is 0.00873. The molecule has 1 aromatic rings. The van der Waals surface area contributed by atoms with Crippen LogP contribution in [0.15, 0.2) is 24.3 Å². The summed E-state index contributed by atoms with van der Waals surface area (Å²) < 4.78 is 0. The van der Waals surface area contributed by atoms with Crippen LogP contribution in [0.4, 0.5) is 4.79 Å². The molecule has 0 bridgehead atoms. The molecule has 24 heavy (non-hydrogen) atoms. The number of carbonyl (C=O) groups excluding carboxylic acids is 1. The van der Waals surface area contributed by atoms with Gasteiger partial charge in [-0.15, -0.1) is 0 Å². The molecule has 1 saturated heterocycles. The molecule has 5 heteroatoms. The Bertz CT molecular complexity index is 513. The van der Waals surface area contributed by atoms with Gasteiger partial charge in [0, 0.05) is 26.2 Å². The highest BCUT2D eigenvalue weighted by atomic mass is 16.3. The van der Waals surface area contributed by atoms with Crippen molar-refractivity contribution in [2.75, 3.05) is 32.8 Å². The summed E-state index contributed by atoms with van der Waals surface area (Å²) in [4.78, 5) is 16.2. The summed E-state index contributed by atoms with van der Waals surface area (Å²) >= 11 is 0. The highest BCUT2D eigenvalue weighted by Crippen LogP contribution is 2.18. The molecule has 2 amide bonds. The molecule has 1 aliphatic rings. The number of benzene rings is 1. The molecule has 0 aliphatic carbocycles. The SMILES string of the molecule is CCN(CCO)C(=O)NCc1cccc(CN2CCC(C)CC2)c1. The van der Waals surface area contributed by atoms with E-state index in [1.807, 2.05) is 13.0 Å². The van der Waals surface area contributed by atoms with Gasteiger partial charge in [0.05, 0.1) is 6.61 Å². The lowest BCUT2D eigenvalue weighted by molar-refractivity contribution is 0.180. The van der Waals surface area contributed by atoms with Crippen molar-refractivity contribution in [3.8, 4) is 0 Å². The average molecular weight is 333 g/mol. The van der Waals surface area contributed by atoms with Crippen LogP contribution in [0.1, 0.15) is 37.8 Å². The number of carbonyl (C=O) groups is 1. The van der Waals surface area contributed by atoms with E-state index in [0.717, 1.165) is 18.0 Å². The summed E-state index contributed by atoms with van der Waals surface area (Å²) in [5, 5.41) is 11.9. The zero-order valence-electron chi connectivity index (χ0n) is 15.0. The van der Waals surface area contributed by atoms with Crippen LogP contribution >= 0.6 is 0 Å². The molecular formula is C19H31N3O2. The van der Waals surface area contributed by atoms with Gasteiger partial charge >= 0.3 is 6.03 Å². The number of nitrogens with one attached hydrogen (secondary N) is 1. The molecule has 0 atom stereocenters. The Balaban J connectivity index is 1.85. The third kappa shape index (κ3) is 5.80. The van der Waals surface area contributed by atoms with Crippen molar-refractivity contribution in [1.29, 1.82) is 0 Å². The zero-order valence-corrected chi connectivity index (χ0v) is 15.0. The minimum Gasteiger partial charge on any atom is -0.395 e. The van der Waals surface area contributed by atoms with Gasteiger partial charge in [-0.2, -0.15) is 0 Å². The Kier molecular flexibility index (Phi) is 7.53. The Morgan fingerprint density at radius 3 is 2.71 bits per heavy atom. The topological polar surface area (TPSA) is 55.8 Å². The fourth-order valence-corrected chi connectivity index (χ4v) is 3.13. The Morgan fingerprint density at radius 2 is 2.04 bits per heavy atom. The summed E-state index contributed by atoms with van der Waals surface area (Å²) in [6, 6.07) is 8.33. The first-order valence-electron chi connectivity index (χ1n) is 9.06. The summed E-state index contributed by atoms with van der Waals surface area (Å²) in [6.45, 7) is 9.06. The highest BCUT2D eigenvalue weighted by molar-refractivity contribution is 5.74. The lowest BCUT2D eigenvalue weighted by Crippen LogP contribution is -2.41. The number of likely N-dealkylation sites (tertiary alicyclic amines) is 1. The lowest BCUT2D eigenvalue weighted by Gasteiger charge is -2.30. The van der Waals surface area contributed by atoms with E-state index in [9.17, 15) is 4.79 Å². The van der Waals surface area contributed by atoms with E-state index in [0.29, 0.717) is 19.6 Å². The van der Waals surface area contributed by atoms with Crippen LogP contribution in [-0.4, -0.2) is 53.7 Å². The molecule has 0 saturated carbocycles. The quantitative estimate of drug-likeness (QED) is 0.806. The van der Waals surface area contributed by atoms with Crippen LogP contribution in [0.25, 0.3) is 0 Å². The second-order valence-electron chi connectivity index (χ2n) is 6.74. The molecule has 0 spiro atoms. The van der Waals surface area contributed by atoms with Gasteiger partial charge in [0.1, 0.15) is 0 Å². The molecule has 1 aromatic carbocycles. The molecule has 1 aliphatic heterocycles. The van der Waals surface area contributed by atoms with Gasteiger partial charge in [0.25, 0.3) is 0 Å². The van der Waals surface area contributed by atoms with Gasteiger partial charge in [-0.05, 0) is 49.9 Å². The van der Waals surface area contributed by atoms with E-state index < -0.39 is 0 Å². The molecule has 5 nitrogen and oxygen atoms in total. The van der Waals surface area contributed by atoms with E-state index in [1.54, 1.807) is 4.90 Å². The smallest absolute Gasteiger partial charge is 0.317 e. The first kappa shape index (κ1) is 18.7. The summed E-state index contributed by atoms with van der Waals surface area (Å²) in [7, 11) is 0. The van der Waals surface area contributed by atoms with E-state index >= 15 is 0 Å². The van der Waals surface area contributed by atoms with Crippen LogP contribution in [0.2, 0.25) is 0 Å². The van der Waals surface area contributed by atoms with Crippen molar-refractivity contribution in [2.24, 2.45) is 5.92 Å². The predicted octanol–water partition coefficient (Wildman–Crippen LogP) is 2.44. The van der Waals surface area contributed by atoms with Crippen LogP contribution in [-0.2, 0) is 13.1 Å². The maximum atomic E-state index is 12.1. The van der Waals surface area contributed by atoms with Crippen molar-refractivity contribution >= 4 is 6.03 Å². The maximum absolute atomic E-state index is 12.1. The summed E-state index contributed by atoms with van der Waals surface area (Å²) in [5.41, 5.74) is 2.42. The number of hydrogen-bond acceptors (Lipinski definition) is 3. The van der Waals surface area contributed by atoms with Crippen LogP contribution < -0.4 is 5.32 Å². The number of hydrogen-bond donors (Lipinski definition) is 2. The van der Waals surface area contributed by atoms with E-state index in [2.05, 4.69) is 35.3 Å². The Labute approximate surface area is 145 Å². The number of amides is 2. The Hall–Kier alpha value is -1.59. The Morgan fingerprint density at radius 1 is 1.33 bits per heavy atom. The van der Waals surface area contributed by atoms with Crippen molar-refractivity contribution in [3.63, 3.8) is 0 Å². The molecule has 134 valence electrons. The summed E-state index contributed by atoms with van der Waals surface area (Å²) in [5.74, 6) is 0.850. The monoisotopic (exact) mass is 333 g/mol. The third-order valence-electron chi connectivity index (χ3n) is 4.76. The molecule has 0 unspecified atom stereocenters. The van der Waals surface area contributed by atoms with E-state index in [4.69, 9.17) is 5.11 Å². The normalized spacial score (nSPS) is 16.1. The zero-order chi connectivity index (χ0) is 17.4. The number of urea groups is 1. The third-order valence-corrected chi connectivity index (χ3v) is 4.76. The van der Waals surface area contributed by atoms with Gasteiger partial charge in [-0.3, -0.25) is 4.90 Å². The lowest BCUT2D eigenvalue weighted by atomic mass is 9.98. The van der Waals surface area contributed by atoms with Crippen molar-refractivity contribution in [1.82, 2.24) is 15.1 Å². The summed E-state index contributed by atoms with van der Waals surface area (Å²) in [6.07, 6.45) is 2.57. The van der Waals surface area contributed by atoms with Crippen molar-refractivity contribution < 1.29 is 9.90 Å². The van der Waals surface area contributed by atoms with Gasteiger partial charge in [-0.1, -0.05) is 31.2 Å². The number of piperidine rings is 1. The van der Waals surface area contributed by atoms with Gasteiger partial charge in [0.2, 0.25) is 0 Å². The second-order valence-corrected chi connectivity index (χ2v) is 6.74. The standard InChI is InChI=1S/C19H31N3O2/c1-3-22(11-12-23)19(24)20-14-17-5-4-6-18(13-17)15-21-9-7-16(2)8-10-21/h4-6,13,16,23H,3,7-12,14-15H2,1-2H3,(H,20,24). The largest absolute Gasteiger partial charge is 0.395 e. The minimum atomic E-state index is -0.123. The molecule has 0 radical (unpaired) electrons. The highest BCUT2D eigenvalue weighted by Gasteiger charge is 2.16. The van der Waals surface area contributed by atoms with E-state index in [1.165, 1.54) is 31.5 Å². The molecule has 1 fully saturated rings. The number of aliphatic hydroxyl groups is 1. The molecular weight excluding hydrogens is 302 g/mol. The van der Waals surface area contributed by atoms with E-state index in [-0.39, 0.29) is 12.6 Å². The fourth-order valence-electron chi connectivity index (χ4n) is 3.13. The van der Waals surface area contributed by atoms with Gasteiger partial charge in [0.15, 0.2) is 0 Å². The number of rotatable bonds is 7. The number of aliphatic hydroxyl groups excluding tert-OH is 1. The first-order valence-corrected chi connectivity index (χ1v) is 9.06.